The van der Waals surface area contributed by atoms with Crippen molar-refractivity contribution in [2.45, 2.75) is 64.4 Å². The van der Waals surface area contributed by atoms with E-state index in [0.717, 1.165) is 81.9 Å². The van der Waals surface area contributed by atoms with Crippen LogP contribution >= 0.6 is 101 Å². The van der Waals surface area contributed by atoms with E-state index in [9.17, 15) is 16.8 Å². The average molecular weight is 1430 g/mol. The maximum Gasteiger partial charge on any atom is 1.00 e. The SMILES string of the molecule is BrCCOCCBr.CCCOCCOC1CCCCO1.CS(=O)(=O)OCCOCCOS(C)(=O)=O.ClCCl.ClCCl.ClCCl.OCCOCCO.OCCOCCO.OCCOCCOC1CCCCO1.[Br-].[Li+]. The van der Waals surface area contributed by atoms with Gasteiger partial charge in [0.2, 0.25) is 0 Å². The zero-order valence-corrected chi connectivity index (χ0v) is 53.8. The van der Waals surface area contributed by atoms with Gasteiger partial charge in [0.1, 0.15) is 0 Å². The van der Waals surface area contributed by atoms with E-state index in [1.54, 1.807) is 0 Å². The number of rotatable bonds is 32. The molecule has 0 aromatic heterocycles. The molecule has 0 radical (unpaired) electrons. The van der Waals surface area contributed by atoms with Gasteiger partial charge in [-0.2, -0.15) is 16.8 Å². The molecule has 2 atom stereocenters. The summed E-state index contributed by atoms with van der Waals surface area (Å²) in [5.74, 6) is 0. The Bertz CT molecular complexity index is 1010. The summed E-state index contributed by atoms with van der Waals surface area (Å²) in [6, 6.07) is 0. The molecule has 2 unspecified atom stereocenters. The first-order chi connectivity index (χ1) is 34.1. The quantitative estimate of drug-likeness (QED) is 0.0246. The van der Waals surface area contributed by atoms with Crippen molar-refractivity contribution in [2.75, 3.05) is 191 Å². The van der Waals surface area contributed by atoms with E-state index >= 15 is 0 Å². The summed E-state index contributed by atoms with van der Waals surface area (Å²) in [5.41, 5.74) is 0. The smallest absolute Gasteiger partial charge is 1.00 e. The van der Waals surface area contributed by atoms with Crippen LogP contribution in [0, 0.1) is 0 Å². The van der Waals surface area contributed by atoms with Gasteiger partial charge in [0.15, 0.2) is 12.6 Å². The van der Waals surface area contributed by atoms with E-state index in [1.165, 1.54) is 19.3 Å². The summed E-state index contributed by atoms with van der Waals surface area (Å²) in [4.78, 5) is 0. The molecular formula is C40H86Br3Cl6LiO21S2. The summed E-state index contributed by atoms with van der Waals surface area (Å²) >= 11 is 35.1. The Morgan fingerprint density at radius 2 is 0.712 bits per heavy atom. The van der Waals surface area contributed by atoms with Crippen molar-refractivity contribution in [3.8, 4) is 0 Å². The van der Waals surface area contributed by atoms with Gasteiger partial charge < -0.3 is 89.9 Å². The average Bonchev–Trinajstić information content (AvgIpc) is 3.33. The van der Waals surface area contributed by atoms with E-state index < -0.39 is 20.2 Å². The Morgan fingerprint density at radius 1 is 0.452 bits per heavy atom. The standard InChI is InChI=1S/C10H20O3.C9H18O4.C6H14O7S2.C4H8Br2O.2C4H10O3.3CH2Cl2.BrH.Li/c1-2-6-11-8-9-13-10-5-3-4-7-12-10;10-4-6-11-7-8-13-9-3-1-2-5-12-9;1-14(7,8)12-5-3-11-4-6-13-15(2,9)10;3*5-1-3-7-4-2-6;3*2-1-3;;/h10H,2-9H2,1H3;9-10H,1-8H2;3-6H2,1-2H3;1-4H2;2*5-6H,1-4H2;3*1H2;1H;/q;;;;;;;;;;+1/p-1. The van der Waals surface area contributed by atoms with Crippen molar-refractivity contribution in [1.82, 2.24) is 0 Å². The van der Waals surface area contributed by atoms with E-state index in [1.807, 2.05) is 0 Å². The summed E-state index contributed by atoms with van der Waals surface area (Å²) in [5, 5.41) is 43.2. The Labute approximate surface area is 506 Å². The molecule has 2 rings (SSSR count). The third kappa shape index (κ3) is 123. The largest absolute Gasteiger partial charge is 1.00 e. The van der Waals surface area contributed by atoms with Crippen LogP contribution in [-0.2, 0) is 76.0 Å². The van der Waals surface area contributed by atoms with Crippen molar-refractivity contribution in [1.29, 1.82) is 0 Å². The molecule has 2 saturated heterocycles. The topological polar surface area (TPSA) is 280 Å². The van der Waals surface area contributed by atoms with Crippen LogP contribution in [0.1, 0.15) is 51.9 Å². The van der Waals surface area contributed by atoms with Crippen LogP contribution in [0.25, 0.3) is 0 Å². The van der Waals surface area contributed by atoms with Gasteiger partial charge in [-0.25, -0.2) is 0 Å². The van der Waals surface area contributed by atoms with Crippen molar-refractivity contribution in [3.63, 3.8) is 0 Å². The Kier molecular flexibility index (Phi) is 116. The van der Waals surface area contributed by atoms with Crippen LogP contribution in [0.4, 0.5) is 0 Å². The number of halogens is 9. The fourth-order valence-electron chi connectivity index (χ4n) is 3.84. The first-order valence-corrected chi connectivity index (χ1v) is 31.3. The van der Waals surface area contributed by atoms with Gasteiger partial charge in [-0.1, -0.05) is 38.8 Å². The molecule has 0 aromatic carbocycles. The van der Waals surface area contributed by atoms with Gasteiger partial charge in [0, 0.05) is 30.5 Å². The normalized spacial score (nSPS) is 14.4. The van der Waals surface area contributed by atoms with Crippen LogP contribution < -0.4 is 35.8 Å². The number of hydrogen-bond acceptors (Lipinski definition) is 21. The van der Waals surface area contributed by atoms with Crippen LogP contribution in [0.2, 0.25) is 0 Å². The number of aliphatic hydroxyl groups is 5. The molecule has 73 heavy (non-hydrogen) atoms. The maximum absolute atomic E-state index is 10.5. The van der Waals surface area contributed by atoms with Gasteiger partial charge in [-0.3, -0.25) is 8.37 Å². The third-order valence-electron chi connectivity index (χ3n) is 6.36. The van der Waals surface area contributed by atoms with Crippen LogP contribution in [0.3, 0.4) is 0 Å². The molecule has 0 aliphatic carbocycles. The fraction of sp³-hybridized carbons (Fsp3) is 1.00. The Morgan fingerprint density at radius 3 is 0.959 bits per heavy atom. The van der Waals surface area contributed by atoms with Gasteiger partial charge in [0.05, 0.1) is 161 Å². The molecule has 0 spiro atoms. The van der Waals surface area contributed by atoms with Crippen molar-refractivity contribution in [2.24, 2.45) is 0 Å². The van der Waals surface area contributed by atoms with Crippen LogP contribution in [0.15, 0.2) is 0 Å². The minimum Gasteiger partial charge on any atom is -1.00 e. The first kappa shape index (κ1) is 95.2. The summed E-state index contributed by atoms with van der Waals surface area (Å²) in [7, 11) is -6.89. The minimum absolute atomic E-state index is 0. The zero-order valence-electron chi connectivity index (χ0n) is 42.9. The van der Waals surface area contributed by atoms with Crippen molar-refractivity contribution in [3.05, 3.63) is 0 Å². The molecule has 448 valence electrons. The summed E-state index contributed by atoms with van der Waals surface area (Å²) < 4.78 is 102. The summed E-state index contributed by atoms with van der Waals surface area (Å²) in [6.45, 7) is 10.4. The van der Waals surface area contributed by atoms with Gasteiger partial charge >= 0.3 is 18.9 Å². The summed E-state index contributed by atoms with van der Waals surface area (Å²) in [6.07, 6.45) is 9.66. The predicted molar refractivity (Wildman–Crippen MR) is 289 cm³/mol. The zero-order chi connectivity index (χ0) is 55.4. The fourth-order valence-corrected chi connectivity index (χ4v) is 5.04. The molecule has 5 N–H and O–H groups in total. The van der Waals surface area contributed by atoms with Crippen LogP contribution in [-0.4, -0.2) is 246 Å². The molecule has 0 bridgehead atoms. The molecule has 0 saturated carbocycles. The molecular weight excluding hydrogens is 1340 g/mol. The van der Waals surface area contributed by atoms with E-state index in [4.69, 9.17) is 133 Å². The minimum atomic E-state index is -3.45. The molecule has 21 nitrogen and oxygen atoms in total. The second-order valence-corrected chi connectivity index (χ2v) is 19.7. The van der Waals surface area contributed by atoms with E-state index in [2.05, 4.69) is 56.6 Å². The molecule has 2 aliphatic rings. The third-order valence-corrected chi connectivity index (χ3v) is 8.20. The van der Waals surface area contributed by atoms with Gasteiger partial charge in [-0.15, -0.1) is 69.6 Å². The number of aliphatic hydroxyl groups excluding tert-OH is 5. The van der Waals surface area contributed by atoms with Crippen LogP contribution in [0.5, 0.6) is 0 Å². The second kappa shape index (κ2) is 88.8. The van der Waals surface area contributed by atoms with Crippen molar-refractivity contribution >= 4 is 122 Å². The maximum atomic E-state index is 10.5. The molecule has 2 fully saturated rings. The monoisotopic (exact) mass is 1420 g/mol. The molecule has 0 aromatic rings. The van der Waals surface area contributed by atoms with Gasteiger partial charge in [0.25, 0.3) is 20.2 Å². The van der Waals surface area contributed by atoms with Gasteiger partial charge in [-0.05, 0) is 44.9 Å². The Hall–Kier alpha value is 3.00. The number of hydrogen-bond donors (Lipinski definition) is 5. The number of alkyl halides is 8. The molecule has 0 amide bonds. The Balaban J connectivity index is -0.0000000945. The molecule has 2 heterocycles. The number of ether oxygens (including phenoxy) is 10. The van der Waals surface area contributed by atoms with E-state index in [0.29, 0.717) is 59.5 Å². The predicted octanol–water partition coefficient (Wildman–Crippen LogP) is -0.509. The first-order valence-electron chi connectivity index (χ1n) is 22.2. The molecule has 33 heteroatoms. The molecule has 2 aliphatic heterocycles. The second-order valence-electron chi connectivity index (χ2n) is 12.4. The van der Waals surface area contributed by atoms with Crippen molar-refractivity contribution < 1.29 is 134 Å². The van der Waals surface area contributed by atoms with E-state index in [-0.39, 0.29) is 124 Å².